The molecule has 1 aromatic rings. The Morgan fingerprint density at radius 1 is 1.53 bits per heavy atom. The molecule has 84 valence electrons. The summed E-state index contributed by atoms with van der Waals surface area (Å²) >= 11 is 0. The number of pyridine rings is 1. The van der Waals surface area contributed by atoms with E-state index in [1.165, 1.54) is 6.92 Å². The average Bonchev–Trinajstić information content (AvgIpc) is 1.99. The number of nitrogens with zero attached hydrogens (tertiary/aromatic N) is 1. The Labute approximate surface area is 89.5 Å². The minimum absolute atomic E-state index is 0.205. The third-order valence-electron chi connectivity index (χ3n) is 1.63. The molecule has 15 heavy (non-hydrogen) atoms. The molecule has 0 amide bonds. The van der Waals surface area contributed by atoms with Gasteiger partial charge < -0.3 is 5.73 Å². The van der Waals surface area contributed by atoms with Gasteiger partial charge in [-0.3, -0.25) is 0 Å². The van der Waals surface area contributed by atoms with E-state index in [0.29, 0.717) is 0 Å². The molecule has 0 saturated heterocycles. The number of aryl methyl sites for hydroxylation is 1. The third kappa shape index (κ3) is 2.54. The van der Waals surface area contributed by atoms with Crippen LogP contribution >= 0.6 is 10.7 Å². The lowest BCUT2D eigenvalue weighted by atomic mass is 10.2. The van der Waals surface area contributed by atoms with Crippen molar-refractivity contribution in [1.82, 2.24) is 4.98 Å². The van der Waals surface area contributed by atoms with Crippen LogP contribution in [0.1, 0.15) is 17.7 Å². The minimum atomic E-state index is -4.32. The minimum Gasteiger partial charge on any atom is -0.398 e. The van der Waals surface area contributed by atoms with Crippen molar-refractivity contribution in [1.29, 1.82) is 0 Å². The lowest BCUT2D eigenvalue weighted by molar-refractivity contribution is 0.148. The van der Waals surface area contributed by atoms with Crippen molar-refractivity contribution in [3.63, 3.8) is 0 Å². The highest BCUT2D eigenvalue weighted by Gasteiger charge is 2.26. The SMILES string of the molecule is Cc1cc(N)c(C(F)F)c(S(=O)(=O)Cl)n1. The molecule has 0 atom stereocenters. The number of rotatable bonds is 2. The second-order valence-corrected chi connectivity index (χ2v) is 5.29. The zero-order valence-electron chi connectivity index (χ0n) is 7.54. The van der Waals surface area contributed by atoms with Crippen LogP contribution in [0, 0.1) is 6.92 Å². The van der Waals surface area contributed by atoms with Crippen LogP contribution in [0.5, 0.6) is 0 Å². The molecule has 1 aromatic heterocycles. The molecule has 0 fully saturated rings. The molecular weight excluding hydrogens is 250 g/mol. The van der Waals surface area contributed by atoms with Crippen molar-refractivity contribution in [2.24, 2.45) is 0 Å². The largest absolute Gasteiger partial charge is 0.398 e. The van der Waals surface area contributed by atoms with Gasteiger partial charge in [0.25, 0.3) is 15.5 Å². The van der Waals surface area contributed by atoms with Gasteiger partial charge in [0.2, 0.25) is 0 Å². The molecule has 0 aliphatic rings. The van der Waals surface area contributed by atoms with E-state index in [1.807, 2.05) is 0 Å². The van der Waals surface area contributed by atoms with Crippen molar-refractivity contribution in [2.45, 2.75) is 18.4 Å². The normalized spacial score (nSPS) is 12.1. The second-order valence-electron chi connectivity index (χ2n) is 2.81. The lowest BCUT2D eigenvalue weighted by Crippen LogP contribution is -2.07. The highest BCUT2D eigenvalue weighted by Crippen LogP contribution is 2.32. The van der Waals surface area contributed by atoms with E-state index in [4.69, 9.17) is 16.4 Å². The summed E-state index contributed by atoms with van der Waals surface area (Å²) in [7, 11) is 0.650. The summed E-state index contributed by atoms with van der Waals surface area (Å²) in [5.41, 5.74) is 4.29. The first kappa shape index (κ1) is 12.1. The third-order valence-corrected chi connectivity index (χ3v) is 2.84. The number of halogens is 3. The van der Waals surface area contributed by atoms with Crippen LogP contribution in [-0.2, 0) is 9.05 Å². The van der Waals surface area contributed by atoms with Crippen molar-refractivity contribution < 1.29 is 17.2 Å². The van der Waals surface area contributed by atoms with Crippen molar-refractivity contribution >= 4 is 25.4 Å². The zero-order valence-corrected chi connectivity index (χ0v) is 9.11. The summed E-state index contributed by atoms with van der Waals surface area (Å²) in [5, 5.41) is -0.878. The fourth-order valence-electron chi connectivity index (χ4n) is 1.08. The topological polar surface area (TPSA) is 73.1 Å². The summed E-state index contributed by atoms with van der Waals surface area (Å²) in [6.07, 6.45) is -3.04. The zero-order chi connectivity index (χ0) is 11.8. The van der Waals surface area contributed by atoms with Crippen LogP contribution in [0.15, 0.2) is 11.1 Å². The Morgan fingerprint density at radius 3 is 2.47 bits per heavy atom. The summed E-state index contributed by atoms with van der Waals surface area (Å²) in [6.45, 7) is 1.43. The van der Waals surface area contributed by atoms with E-state index in [-0.39, 0.29) is 11.4 Å². The molecule has 0 aliphatic carbocycles. The maximum absolute atomic E-state index is 12.5. The number of nitrogens with two attached hydrogens (primary N) is 1. The fraction of sp³-hybridized carbons (Fsp3) is 0.286. The number of anilines is 1. The number of nitrogen functional groups attached to an aromatic ring is 1. The van der Waals surface area contributed by atoms with Gasteiger partial charge in [-0.05, 0) is 13.0 Å². The Balaban J connectivity index is 3.62. The van der Waals surface area contributed by atoms with E-state index < -0.39 is 26.1 Å². The van der Waals surface area contributed by atoms with Crippen LogP contribution in [0.3, 0.4) is 0 Å². The second kappa shape index (κ2) is 3.90. The first-order valence-corrected chi connectivity index (χ1v) is 6.04. The highest BCUT2D eigenvalue weighted by molar-refractivity contribution is 8.13. The Hall–Kier alpha value is -0.950. The van der Waals surface area contributed by atoms with Gasteiger partial charge in [0.05, 0.1) is 5.56 Å². The van der Waals surface area contributed by atoms with E-state index in [2.05, 4.69) is 4.98 Å². The van der Waals surface area contributed by atoms with Crippen molar-refractivity contribution in [2.75, 3.05) is 5.73 Å². The van der Waals surface area contributed by atoms with Crippen LogP contribution in [0.4, 0.5) is 14.5 Å². The molecule has 0 aromatic carbocycles. The van der Waals surface area contributed by atoms with Gasteiger partial charge in [-0.2, -0.15) is 0 Å². The molecule has 1 rings (SSSR count). The van der Waals surface area contributed by atoms with Gasteiger partial charge in [0.1, 0.15) is 0 Å². The van der Waals surface area contributed by atoms with Crippen LogP contribution in [0.25, 0.3) is 0 Å². The molecule has 0 bridgehead atoms. The molecule has 1 heterocycles. The van der Waals surface area contributed by atoms with Gasteiger partial charge in [0, 0.05) is 22.1 Å². The van der Waals surface area contributed by atoms with Gasteiger partial charge in [-0.1, -0.05) is 0 Å². The number of hydrogen-bond acceptors (Lipinski definition) is 4. The summed E-state index contributed by atoms with van der Waals surface area (Å²) in [4.78, 5) is 3.45. The molecule has 0 saturated carbocycles. The molecule has 8 heteroatoms. The first-order valence-electron chi connectivity index (χ1n) is 3.73. The number of hydrogen-bond donors (Lipinski definition) is 1. The molecular formula is C7H7ClF2N2O2S. The van der Waals surface area contributed by atoms with Gasteiger partial charge in [-0.25, -0.2) is 22.2 Å². The first-order chi connectivity index (χ1) is 6.73. The van der Waals surface area contributed by atoms with Crippen LogP contribution in [-0.4, -0.2) is 13.4 Å². The van der Waals surface area contributed by atoms with E-state index >= 15 is 0 Å². The monoisotopic (exact) mass is 256 g/mol. The van der Waals surface area contributed by atoms with Crippen molar-refractivity contribution in [3.05, 3.63) is 17.3 Å². The number of alkyl halides is 2. The quantitative estimate of drug-likeness (QED) is 0.820. The van der Waals surface area contributed by atoms with Crippen LogP contribution < -0.4 is 5.73 Å². The Kier molecular flexibility index (Phi) is 3.15. The summed E-state index contributed by atoms with van der Waals surface area (Å²) in [6, 6.07) is 1.16. The maximum Gasteiger partial charge on any atom is 0.279 e. The molecule has 4 nitrogen and oxygen atoms in total. The van der Waals surface area contributed by atoms with E-state index in [1.54, 1.807) is 0 Å². The summed E-state index contributed by atoms with van der Waals surface area (Å²) in [5.74, 6) is 0. The van der Waals surface area contributed by atoms with Gasteiger partial charge in [-0.15, -0.1) is 0 Å². The number of aromatic nitrogens is 1. The van der Waals surface area contributed by atoms with Crippen molar-refractivity contribution in [3.8, 4) is 0 Å². The van der Waals surface area contributed by atoms with E-state index in [0.717, 1.165) is 6.07 Å². The van der Waals surface area contributed by atoms with E-state index in [9.17, 15) is 17.2 Å². The van der Waals surface area contributed by atoms with Gasteiger partial charge >= 0.3 is 0 Å². The molecule has 0 radical (unpaired) electrons. The average molecular weight is 257 g/mol. The van der Waals surface area contributed by atoms with Gasteiger partial charge in [0.15, 0.2) is 5.03 Å². The molecule has 0 aliphatic heterocycles. The molecule has 0 spiro atoms. The molecule has 0 unspecified atom stereocenters. The smallest absolute Gasteiger partial charge is 0.279 e. The summed E-state index contributed by atoms with van der Waals surface area (Å²) < 4.78 is 47.0. The highest BCUT2D eigenvalue weighted by atomic mass is 35.7. The Morgan fingerprint density at radius 2 is 2.07 bits per heavy atom. The predicted molar refractivity (Wildman–Crippen MR) is 51.4 cm³/mol. The Bertz CT molecular complexity index is 490. The standard InChI is InChI=1S/C7H7ClF2N2O2S/c1-3-2-4(11)5(6(9)10)7(12-3)15(8,13)14/h2,6H,1H3,(H2,11,12). The lowest BCUT2D eigenvalue weighted by Gasteiger charge is -2.09. The maximum atomic E-state index is 12.5. The van der Waals surface area contributed by atoms with Crippen LogP contribution in [0.2, 0.25) is 0 Å². The predicted octanol–water partition coefficient (Wildman–Crippen LogP) is 1.84. The fourth-order valence-corrected chi connectivity index (χ4v) is 2.16. The molecule has 2 N–H and O–H groups in total.